The van der Waals surface area contributed by atoms with Crippen LogP contribution in [0.25, 0.3) is 30.3 Å². The first kappa shape index (κ1) is 17.4. The van der Waals surface area contributed by atoms with Gasteiger partial charge in [-0.25, -0.2) is 0 Å². The fourth-order valence-corrected chi connectivity index (χ4v) is 5.85. The molecular formula is C22H16S4. The number of fused-ring (bicyclic) bond motifs is 3. The first-order valence-corrected chi connectivity index (χ1v) is 11.7. The van der Waals surface area contributed by atoms with Crippen molar-refractivity contribution in [1.82, 2.24) is 0 Å². The third-order valence-corrected chi connectivity index (χ3v) is 7.41. The van der Waals surface area contributed by atoms with Crippen LogP contribution in [-0.2, 0) is 0 Å². The molecule has 2 aromatic carbocycles. The maximum Gasteiger partial charge on any atom is 0.0449 e. The van der Waals surface area contributed by atoms with Crippen molar-refractivity contribution in [2.24, 2.45) is 0 Å². The monoisotopic (exact) mass is 408 g/mol. The van der Waals surface area contributed by atoms with E-state index in [0.29, 0.717) is 0 Å². The highest BCUT2D eigenvalue weighted by atomic mass is 32.1. The smallest absolute Gasteiger partial charge is 0.0449 e. The van der Waals surface area contributed by atoms with Crippen molar-refractivity contribution in [3.63, 3.8) is 0 Å². The van der Waals surface area contributed by atoms with E-state index in [0.717, 1.165) is 0 Å². The quantitative estimate of drug-likeness (QED) is 0.235. The van der Waals surface area contributed by atoms with Gasteiger partial charge in [0, 0.05) is 24.9 Å². The van der Waals surface area contributed by atoms with Gasteiger partial charge in [0.1, 0.15) is 0 Å². The Morgan fingerprint density at radius 2 is 0.923 bits per heavy atom. The third kappa shape index (κ3) is 4.22. The molecule has 4 heteroatoms. The van der Waals surface area contributed by atoms with Crippen LogP contribution < -0.4 is 0 Å². The molecule has 128 valence electrons. The van der Waals surface area contributed by atoms with Crippen LogP contribution in [0.3, 0.4) is 0 Å². The molecule has 0 radical (unpaired) electrons. The molecule has 0 nitrogen and oxygen atoms in total. The Morgan fingerprint density at radius 3 is 1.46 bits per heavy atom. The molecule has 0 saturated carbocycles. The number of rotatable bonds is 0. The lowest BCUT2D eigenvalue weighted by Crippen LogP contribution is -1.56. The van der Waals surface area contributed by atoms with Crippen LogP contribution in [0, 0.1) is 0 Å². The summed E-state index contributed by atoms with van der Waals surface area (Å²) in [6.07, 6.45) is 0. The van der Waals surface area contributed by atoms with E-state index in [1.165, 1.54) is 30.3 Å². The minimum atomic E-state index is 1.35. The Bertz CT molecular complexity index is 1020. The van der Waals surface area contributed by atoms with Crippen molar-refractivity contribution >= 4 is 75.6 Å². The van der Waals surface area contributed by atoms with Gasteiger partial charge in [0.15, 0.2) is 0 Å². The molecular weight excluding hydrogens is 393 g/mol. The average molecular weight is 409 g/mol. The summed E-state index contributed by atoms with van der Waals surface area (Å²) in [4.78, 5) is 0. The summed E-state index contributed by atoms with van der Waals surface area (Å²) in [5, 5.41) is 14.8. The predicted molar refractivity (Wildman–Crippen MR) is 123 cm³/mol. The molecule has 0 atom stereocenters. The van der Waals surface area contributed by atoms with E-state index in [9.17, 15) is 0 Å². The van der Waals surface area contributed by atoms with Gasteiger partial charge in [-0.15, -0.1) is 34.0 Å². The SMILES string of the molecule is c1cc2cscc2s1.c1ccc2sccc2c1.c1ccc2sccc2c1. The third-order valence-electron chi connectivity index (χ3n) is 3.82. The summed E-state index contributed by atoms with van der Waals surface area (Å²) in [7, 11) is 0. The van der Waals surface area contributed by atoms with E-state index >= 15 is 0 Å². The number of hydrogen-bond donors (Lipinski definition) is 0. The lowest BCUT2D eigenvalue weighted by atomic mass is 10.3. The maximum atomic E-state index is 2.18. The Hall–Kier alpha value is -1.98. The molecule has 0 N–H and O–H groups in total. The van der Waals surface area contributed by atoms with Gasteiger partial charge in [-0.1, -0.05) is 36.4 Å². The molecule has 6 rings (SSSR count). The molecule has 0 fully saturated rings. The minimum Gasteiger partial charge on any atom is -0.150 e. The van der Waals surface area contributed by atoms with Crippen molar-refractivity contribution < 1.29 is 0 Å². The van der Waals surface area contributed by atoms with E-state index in [1.54, 1.807) is 45.3 Å². The number of thiophene rings is 4. The molecule has 0 amide bonds. The van der Waals surface area contributed by atoms with E-state index in [4.69, 9.17) is 0 Å². The largest absolute Gasteiger partial charge is 0.150 e. The van der Waals surface area contributed by atoms with Crippen LogP contribution in [0.2, 0.25) is 0 Å². The fraction of sp³-hybridized carbons (Fsp3) is 0. The van der Waals surface area contributed by atoms with Crippen molar-refractivity contribution in [1.29, 1.82) is 0 Å². The predicted octanol–water partition coefficient (Wildman–Crippen LogP) is 8.77. The van der Waals surface area contributed by atoms with Crippen LogP contribution in [0.1, 0.15) is 0 Å². The fourth-order valence-electron chi connectivity index (χ4n) is 2.51. The van der Waals surface area contributed by atoms with Gasteiger partial charge in [-0.05, 0) is 62.6 Å². The van der Waals surface area contributed by atoms with Gasteiger partial charge < -0.3 is 0 Å². The summed E-state index contributed by atoms with van der Waals surface area (Å²) in [5.41, 5.74) is 0. The summed E-state index contributed by atoms with van der Waals surface area (Å²) in [6.45, 7) is 0. The van der Waals surface area contributed by atoms with Crippen molar-refractivity contribution in [2.45, 2.75) is 0 Å². The van der Waals surface area contributed by atoms with Gasteiger partial charge >= 0.3 is 0 Å². The zero-order valence-corrected chi connectivity index (χ0v) is 17.1. The molecule has 0 aliphatic carbocycles. The molecule has 0 aliphatic heterocycles. The molecule has 4 heterocycles. The number of benzene rings is 2. The molecule has 0 bridgehead atoms. The van der Waals surface area contributed by atoms with Gasteiger partial charge in [-0.2, -0.15) is 11.3 Å². The summed E-state index contributed by atoms with van der Waals surface area (Å²) in [5.74, 6) is 0. The van der Waals surface area contributed by atoms with Gasteiger partial charge in [0.25, 0.3) is 0 Å². The standard InChI is InChI=1S/2C8H6S.C6H4S2/c2*1-2-4-8-7(3-1)5-6-9-8;1-2-8-6-4-7-3-5(1)6/h2*1-6H;1-4H. The number of hydrogen-bond acceptors (Lipinski definition) is 4. The second-order valence-electron chi connectivity index (χ2n) is 5.53. The van der Waals surface area contributed by atoms with Gasteiger partial charge in [-0.3, -0.25) is 0 Å². The topological polar surface area (TPSA) is 0 Å². The lowest BCUT2D eigenvalue weighted by Gasteiger charge is -1.82. The van der Waals surface area contributed by atoms with Gasteiger partial charge in [0.05, 0.1) is 0 Å². The van der Waals surface area contributed by atoms with Crippen molar-refractivity contribution in [2.75, 3.05) is 0 Å². The molecule has 0 unspecified atom stereocenters. The second-order valence-corrected chi connectivity index (χ2v) is 9.12. The highest BCUT2D eigenvalue weighted by molar-refractivity contribution is 7.21. The van der Waals surface area contributed by atoms with Crippen LogP contribution in [0.4, 0.5) is 0 Å². The minimum absolute atomic E-state index is 1.35. The first-order chi connectivity index (χ1) is 12.9. The van der Waals surface area contributed by atoms with Crippen molar-refractivity contribution in [3.05, 3.63) is 93.6 Å². The normalized spacial score (nSPS) is 10.3. The first-order valence-electron chi connectivity index (χ1n) is 8.14. The van der Waals surface area contributed by atoms with E-state index in [-0.39, 0.29) is 0 Å². The molecule has 0 saturated heterocycles. The Kier molecular flexibility index (Phi) is 5.77. The highest BCUT2D eigenvalue weighted by Crippen LogP contribution is 2.23. The zero-order valence-electron chi connectivity index (χ0n) is 13.9. The van der Waals surface area contributed by atoms with E-state index in [2.05, 4.69) is 93.6 Å². The van der Waals surface area contributed by atoms with Crippen LogP contribution in [0.15, 0.2) is 93.6 Å². The average Bonchev–Trinajstić information content (AvgIpc) is 3.46. The zero-order chi connectivity index (χ0) is 17.6. The summed E-state index contributed by atoms with van der Waals surface area (Å²) in [6, 6.07) is 23.2. The van der Waals surface area contributed by atoms with E-state index in [1.807, 2.05) is 0 Å². The highest BCUT2D eigenvalue weighted by Gasteiger charge is 1.91. The van der Waals surface area contributed by atoms with Crippen LogP contribution >= 0.6 is 45.3 Å². The molecule has 0 spiro atoms. The molecule has 26 heavy (non-hydrogen) atoms. The molecule has 0 aliphatic rings. The van der Waals surface area contributed by atoms with E-state index < -0.39 is 0 Å². The summed E-state index contributed by atoms with van der Waals surface area (Å²) < 4.78 is 4.16. The molecule has 4 aromatic heterocycles. The Balaban J connectivity index is 0.0000000972. The van der Waals surface area contributed by atoms with Crippen molar-refractivity contribution in [3.8, 4) is 0 Å². The Morgan fingerprint density at radius 1 is 0.423 bits per heavy atom. The summed E-state index contributed by atoms with van der Waals surface area (Å²) >= 11 is 7.15. The lowest BCUT2D eigenvalue weighted by molar-refractivity contribution is 1.86. The van der Waals surface area contributed by atoms with Crippen LogP contribution in [-0.4, -0.2) is 0 Å². The Labute approximate surface area is 168 Å². The van der Waals surface area contributed by atoms with Crippen LogP contribution in [0.5, 0.6) is 0 Å². The van der Waals surface area contributed by atoms with Gasteiger partial charge in [0.2, 0.25) is 0 Å². The molecule has 6 aromatic rings. The second kappa shape index (κ2) is 8.60. The maximum absolute atomic E-state index is 2.18.